The van der Waals surface area contributed by atoms with Crippen LogP contribution in [0, 0.1) is 0 Å². The Hall–Kier alpha value is -3.51. The van der Waals surface area contributed by atoms with Gasteiger partial charge in [-0.1, -0.05) is 42.5 Å². The molecule has 1 atom stereocenters. The first-order valence-corrected chi connectivity index (χ1v) is 13.6. The smallest absolute Gasteiger partial charge is 0.246 e. The molecular weight excluding hydrogens is 462 g/mol. The van der Waals surface area contributed by atoms with Gasteiger partial charge in [0.25, 0.3) is 0 Å². The molecule has 3 aromatic rings. The number of carbonyl (C=O) groups excluding carboxylic acids is 1. The highest BCUT2D eigenvalue weighted by atomic mass is 16.7. The highest BCUT2D eigenvalue weighted by Gasteiger charge is 2.27. The molecule has 0 aliphatic carbocycles. The van der Waals surface area contributed by atoms with Crippen LogP contribution in [0.3, 0.4) is 0 Å². The first-order valence-electron chi connectivity index (χ1n) is 13.6. The molecule has 0 N–H and O–H groups in total. The van der Waals surface area contributed by atoms with Crippen LogP contribution in [0.5, 0.6) is 11.5 Å². The van der Waals surface area contributed by atoms with Crippen molar-refractivity contribution in [1.82, 2.24) is 9.80 Å². The topological polar surface area (TPSA) is 45.3 Å². The molecule has 192 valence electrons. The monoisotopic (exact) mass is 497 g/mol. The van der Waals surface area contributed by atoms with E-state index in [4.69, 9.17) is 9.47 Å². The number of piperazine rings is 1. The summed E-state index contributed by atoms with van der Waals surface area (Å²) in [7, 11) is 0. The molecule has 1 amide bonds. The van der Waals surface area contributed by atoms with Gasteiger partial charge in [0.05, 0.1) is 0 Å². The second-order valence-corrected chi connectivity index (χ2v) is 10.2. The maximum absolute atomic E-state index is 13.1. The van der Waals surface area contributed by atoms with Crippen molar-refractivity contribution in [2.75, 3.05) is 51.0 Å². The van der Waals surface area contributed by atoms with Gasteiger partial charge >= 0.3 is 0 Å². The summed E-state index contributed by atoms with van der Waals surface area (Å²) < 4.78 is 10.8. The lowest BCUT2D eigenvalue weighted by Crippen LogP contribution is -2.49. The highest BCUT2D eigenvalue weighted by molar-refractivity contribution is 5.94. The second-order valence-electron chi connectivity index (χ2n) is 10.2. The Morgan fingerprint density at radius 2 is 1.73 bits per heavy atom. The molecule has 6 nitrogen and oxygen atoms in total. The van der Waals surface area contributed by atoms with E-state index < -0.39 is 0 Å². The number of nitrogens with zero attached hydrogens (tertiary/aromatic N) is 3. The molecule has 37 heavy (non-hydrogen) atoms. The molecule has 0 saturated carbocycles. The Balaban J connectivity index is 1.03. The molecule has 6 heteroatoms. The molecule has 2 saturated heterocycles. The Kier molecular flexibility index (Phi) is 7.00. The number of carbonyl (C=O) groups is 1. The predicted octanol–water partition coefficient (Wildman–Crippen LogP) is 5.18. The average molecular weight is 498 g/mol. The number of hydrogen-bond donors (Lipinski definition) is 0. The molecule has 0 spiro atoms. The van der Waals surface area contributed by atoms with E-state index in [9.17, 15) is 4.79 Å². The van der Waals surface area contributed by atoms with Gasteiger partial charge in [-0.25, -0.2) is 0 Å². The minimum atomic E-state index is 0.114. The van der Waals surface area contributed by atoms with Crippen LogP contribution in [0.1, 0.15) is 31.2 Å². The van der Waals surface area contributed by atoms with Gasteiger partial charge in [-0.05, 0) is 60.9 Å². The van der Waals surface area contributed by atoms with Gasteiger partial charge in [0.15, 0.2) is 11.5 Å². The summed E-state index contributed by atoms with van der Waals surface area (Å²) in [5.74, 6) is 1.62. The van der Waals surface area contributed by atoms with Crippen molar-refractivity contribution in [3.63, 3.8) is 0 Å². The number of anilines is 1. The fourth-order valence-electron chi connectivity index (χ4n) is 5.90. The predicted molar refractivity (Wildman–Crippen MR) is 148 cm³/mol. The number of fused-ring (bicyclic) bond motifs is 2. The number of hydrogen-bond acceptors (Lipinski definition) is 5. The van der Waals surface area contributed by atoms with Crippen molar-refractivity contribution < 1.29 is 14.3 Å². The SMILES string of the molecule is O=C(/C=C/c1ccc2c(c1)OCO2)N1CCCC[C@H]1CCN1CCN(c2cccc3ccccc23)CC1. The standard InChI is InChI=1S/C31H35N3O3/c35-31(14-12-24-11-13-29-30(22-24)37-23-36-29)34-16-4-3-8-26(34)15-17-32-18-20-33(21-19-32)28-10-5-7-25-6-1-2-9-27(25)28/h1-2,5-7,9-14,22,26H,3-4,8,15-21,23H2/b14-12+/t26-/m0/s1. The van der Waals surface area contributed by atoms with Crippen LogP contribution >= 0.6 is 0 Å². The molecule has 3 aliphatic heterocycles. The van der Waals surface area contributed by atoms with E-state index in [0.29, 0.717) is 6.04 Å². The van der Waals surface area contributed by atoms with Crippen molar-refractivity contribution in [2.24, 2.45) is 0 Å². The summed E-state index contributed by atoms with van der Waals surface area (Å²) in [6, 6.07) is 21.4. The van der Waals surface area contributed by atoms with Crippen LogP contribution < -0.4 is 14.4 Å². The zero-order valence-electron chi connectivity index (χ0n) is 21.4. The van der Waals surface area contributed by atoms with Crippen molar-refractivity contribution in [1.29, 1.82) is 0 Å². The lowest BCUT2D eigenvalue weighted by atomic mass is 9.98. The maximum Gasteiger partial charge on any atom is 0.246 e. The zero-order chi connectivity index (χ0) is 25.0. The first kappa shape index (κ1) is 23.9. The second kappa shape index (κ2) is 10.9. The van der Waals surface area contributed by atoms with Crippen molar-refractivity contribution in [2.45, 2.75) is 31.7 Å². The van der Waals surface area contributed by atoms with Gasteiger partial charge in [0.1, 0.15) is 0 Å². The lowest BCUT2D eigenvalue weighted by Gasteiger charge is -2.39. The molecular formula is C31H35N3O3. The van der Waals surface area contributed by atoms with Crippen LogP contribution in [0.25, 0.3) is 16.8 Å². The van der Waals surface area contributed by atoms with E-state index in [-0.39, 0.29) is 12.7 Å². The number of likely N-dealkylation sites (tertiary alicyclic amines) is 1. The summed E-state index contributed by atoms with van der Waals surface area (Å²) in [6.45, 7) is 6.36. The Labute approximate surface area is 219 Å². The number of rotatable bonds is 6. The van der Waals surface area contributed by atoms with Crippen LogP contribution in [0.15, 0.2) is 66.7 Å². The van der Waals surface area contributed by atoms with Gasteiger partial charge < -0.3 is 19.3 Å². The number of piperidine rings is 1. The van der Waals surface area contributed by atoms with E-state index in [0.717, 1.165) is 75.6 Å². The van der Waals surface area contributed by atoms with E-state index in [2.05, 4.69) is 57.2 Å². The molecule has 3 heterocycles. The van der Waals surface area contributed by atoms with E-state index >= 15 is 0 Å². The molecule has 0 aromatic heterocycles. The Morgan fingerprint density at radius 1 is 0.892 bits per heavy atom. The Morgan fingerprint density at radius 3 is 2.65 bits per heavy atom. The summed E-state index contributed by atoms with van der Waals surface area (Å²) in [6.07, 6.45) is 8.04. The third-order valence-electron chi connectivity index (χ3n) is 7.98. The summed E-state index contributed by atoms with van der Waals surface area (Å²) in [5.41, 5.74) is 2.30. The molecule has 2 fully saturated rings. The fraction of sp³-hybridized carbons (Fsp3) is 0.387. The minimum Gasteiger partial charge on any atom is -0.454 e. The van der Waals surface area contributed by atoms with Gasteiger partial charge in [0.2, 0.25) is 12.7 Å². The molecule has 0 bridgehead atoms. The normalized spacial score (nSPS) is 20.2. The Bertz CT molecular complexity index is 1280. The van der Waals surface area contributed by atoms with Crippen molar-refractivity contribution >= 4 is 28.4 Å². The van der Waals surface area contributed by atoms with Crippen LogP contribution in [-0.4, -0.2) is 67.8 Å². The van der Waals surface area contributed by atoms with Crippen molar-refractivity contribution in [3.8, 4) is 11.5 Å². The quantitative estimate of drug-likeness (QED) is 0.440. The third-order valence-corrected chi connectivity index (χ3v) is 7.98. The number of ether oxygens (including phenoxy) is 2. The van der Waals surface area contributed by atoms with Gasteiger partial charge in [-0.2, -0.15) is 0 Å². The summed E-state index contributed by atoms with van der Waals surface area (Å²) in [5, 5.41) is 2.64. The van der Waals surface area contributed by atoms with Crippen LogP contribution in [0.2, 0.25) is 0 Å². The van der Waals surface area contributed by atoms with Gasteiger partial charge in [-0.15, -0.1) is 0 Å². The zero-order valence-corrected chi connectivity index (χ0v) is 21.4. The van der Waals surface area contributed by atoms with Gasteiger partial charge in [-0.3, -0.25) is 9.69 Å². The van der Waals surface area contributed by atoms with Crippen molar-refractivity contribution in [3.05, 3.63) is 72.3 Å². The first-order chi connectivity index (χ1) is 18.2. The number of amides is 1. The largest absolute Gasteiger partial charge is 0.454 e. The molecule has 3 aromatic carbocycles. The maximum atomic E-state index is 13.1. The molecule has 3 aliphatic rings. The van der Waals surface area contributed by atoms with Gasteiger partial charge in [0, 0.05) is 62.5 Å². The highest BCUT2D eigenvalue weighted by Crippen LogP contribution is 2.33. The molecule has 0 radical (unpaired) electrons. The average Bonchev–Trinajstić information content (AvgIpc) is 3.43. The van der Waals surface area contributed by atoms with Crippen LogP contribution in [-0.2, 0) is 4.79 Å². The number of benzene rings is 3. The van der Waals surface area contributed by atoms with E-state index in [1.54, 1.807) is 6.08 Å². The van der Waals surface area contributed by atoms with E-state index in [1.807, 2.05) is 24.3 Å². The fourth-order valence-corrected chi connectivity index (χ4v) is 5.90. The lowest BCUT2D eigenvalue weighted by molar-refractivity contribution is -0.129. The molecule has 0 unspecified atom stereocenters. The van der Waals surface area contributed by atoms with Crippen LogP contribution in [0.4, 0.5) is 5.69 Å². The molecule has 6 rings (SSSR count). The minimum absolute atomic E-state index is 0.114. The van der Waals surface area contributed by atoms with E-state index in [1.165, 1.54) is 22.9 Å². The summed E-state index contributed by atoms with van der Waals surface area (Å²) >= 11 is 0. The third kappa shape index (κ3) is 5.30. The summed E-state index contributed by atoms with van der Waals surface area (Å²) in [4.78, 5) is 20.3.